The molecule has 2 rings (SSSR count). The molecule has 0 aliphatic carbocycles. The number of sulfonamides is 1. The fourth-order valence-electron chi connectivity index (χ4n) is 2.15. The van der Waals surface area contributed by atoms with E-state index in [0.29, 0.717) is 15.4 Å². The summed E-state index contributed by atoms with van der Waals surface area (Å²) >= 11 is 1.06. The van der Waals surface area contributed by atoms with E-state index in [2.05, 4.69) is 30.2 Å². The Kier molecular flexibility index (Phi) is 5.05. The summed E-state index contributed by atoms with van der Waals surface area (Å²) in [5.74, 6) is -0.475. The number of rotatable bonds is 4. The van der Waals surface area contributed by atoms with Crippen molar-refractivity contribution in [3.8, 4) is 0 Å². The summed E-state index contributed by atoms with van der Waals surface area (Å²) in [4.78, 5) is 12.2. The molecule has 0 amide bonds. The van der Waals surface area contributed by atoms with Gasteiger partial charge in [-0.2, -0.15) is 0 Å². The monoisotopic (exact) mass is 367 g/mol. The first-order valence-electron chi connectivity index (χ1n) is 7.37. The first-order valence-corrected chi connectivity index (χ1v) is 9.66. The van der Waals surface area contributed by atoms with Gasteiger partial charge >= 0.3 is 5.97 Å². The van der Waals surface area contributed by atoms with Crippen molar-refractivity contribution in [1.29, 1.82) is 0 Å². The Morgan fingerprint density at radius 2 is 1.75 bits per heavy atom. The van der Waals surface area contributed by atoms with Gasteiger partial charge in [0, 0.05) is 0 Å². The Labute approximate surface area is 146 Å². The number of hydrogen-bond acceptors (Lipinski definition) is 5. The number of esters is 1. The van der Waals surface area contributed by atoms with Gasteiger partial charge in [-0.25, -0.2) is 13.2 Å². The maximum Gasteiger partial charge on any atom is 0.348 e. The molecule has 130 valence electrons. The molecular formula is C17H21NO4S2. The van der Waals surface area contributed by atoms with Crippen LogP contribution in [-0.2, 0) is 20.2 Å². The summed E-state index contributed by atoms with van der Waals surface area (Å²) in [6, 6.07) is 8.43. The minimum absolute atomic E-state index is 0.0456. The molecule has 0 saturated heterocycles. The highest BCUT2D eigenvalue weighted by Gasteiger charge is 2.20. The molecule has 0 saturated carbocycles. The smallest absolute Gasteiger partial charge is 0.348 e. The van der Waals surface area contributed by atoms with Crippen LogP contribution in [0.25, 0.3) is 0 Å². The number of hydrogen-bond donors (Lipinski definition) is 1. The first kappa shape index (κ1) is 18.5. The summed E-state index contributed by atoms with van der Waals surface area (Å²) in [6.45, 7) is 7.94. The molecule has 0 atom stereocenters. The molecule has 0 bridgehead atoms. The molecule has 7 heteroatoms. The van der Waals surface area contributed by atoms with Crippen LogP contribution in [-0.4, -0.2) is 21.5 Å². The van der Waals surface area contributed by atoms with Crippen LogP contribution < -0.4 is 4.72 Å². The highest BCUT2D eigenvalue weighted by Crippen LogP contribution is 2.30. The summed E-state index contributed by atoms with van der Waals surface area (Å²) in [5, 5.41) is 0.382. The van der Waals surface area contributed by atoms with E-state index in [4.69, 9.17) is 0 Å². The second-order valence-corrected chi connectivity index (χ2v) is 9.23. The van der Waals surface area contributed by atoms with E-state index in [1.807, 2.05) is 12.1 Å². The lowest BCUT2D eigenvalue weighted by molar-refractivity contribution is 0.0605. The summed E-state index contributed by atoms with van der Waals surface area (Å²) < 4.78 is 32.2. The van der Waals surface area contributed by atoms with Gasteiger partial charge in [-0.3, -0.25) is 4.72 Å². The van der Waals surface area contributed by atoms with Gasteiger partial charge < -0.3 is 4.74 Å². The molecule has 1 aromatic heterocycles. The van der Waals surface area contributed by atoms with Crippen molar-refractivity contribution >= 4 is 32.3 Å². The molecule has 0 aliphatic heterocycles. The molecule has 0 fully saturated rings. The lowest BCUT2D eigenvalue weighted by Gasteiger charge is -2.19. The number of methoxy groups -OCH3 is 1. The minimum atomic E-state index is -3.70. The highest BCUT2D eigenvalue weighted by molar-refractivity contribution is 7.93. The van der Waals surface area contributed by atoms with E-state index in [1.165, 1.54) is 7.11 Å². The van der Waals surface area contributed by atoms with Crippen molar-refractivity contribution in [1.82, 2.24) is 0 Å². The predicted molar refractivity (Wildman–Crippen MR) is 96.3 cm³/mol. The van der Waals surface area contributed by atoms with Crippen LogP contribution in [0.4, 0.5) is 5.00 Å². The Bertz CT molecular complexity index is 844. The van der Waals surface area contributed by atoms with Crippen molar-refractivity contribution in [2.75, 3.05) is 11.8 Å². The normalized spacial score (nSPS) is 12.0. The Balaban J connectivity index is 2.27. The number of ether oxygens (including phenoxy) is 1. The molecule has 1 N–H and O–H groups in total. The zero-order chi connectivity index (χ0) is 18.1. The average molecular weight is 367 g/mol. The van der Waals surface area contributed by atoms with Crippen LogP contribution in [0, 0.1) is 6.92 Å². The van der Waals surface area contributed by atoms with Crippen molar-refractivity contribution in [3.05, 3.63) is 46.3 Å². The first-order chi connectivity index (χ1) is 11.0. The predicted octanol–water partition coefficient (Wildman–Crippen LogP) is 3.94. The molecule has 0 spiro atoms. The van der Waals surface area contributed by atoms with Crippen molar-refractivity contribution in [2.45, 2.75) is 38.0 Å². The van der Waals surface area contributed by atoms with Crippen molar-refractivity contribution in [3.63, 3.8) is 0 Å². The number of aryl methyl sites for hydroxylation is 1. The topological polar surface area (TPSA) is 72.5 Å². The lowest BCUT2D eigenvalue weighted by atomic mass is 9.87. The summed E-state index contributed by atoms with van der Waals surface area (Å²) in [6.07, 6.45) is 0. The van der Waals surface area contributed by atoms with Crippen LogP contribution in [0.15, 0.2) is 35.2 Å². The van der Waals surface area contributed by atoms with Gasteiger partial charge in [-0.15, -0.1) is 11.3 Å². The summed E-state index contributed by atoms with van der Waals surface area (Å²) in [7, 11) is -2.41. The fourth-order valence-corrected chi connectivity index (χ4v) is 4.43. The van der Waals surface area contributed by atoms with Gasteiger partial charge in [0.25, 0.3) is 10.0 Å². The van der Waals surface area contributed by atoms with Crippen LogP contribution in [0.2, 0.25) is 0 Å². The standard InChI is InChI=1S/C17H21NO4S2/c1-11-10-14(23-15(11)16(19)22-5)18-24(20,21)13-8-6-12(7-9-13)17(2,3)4/h6-10,18H,1-5H3. The molecular weight excluding hydrogens is 346 g/mol. The average Bonchev–Trinajstić information content (AvgIpc) is 2.85. The van der Waals surface area contributed by atoms with E-state index in [1.54, 1.807) is 25.1 Å². The Hall–Kier alpha value is -1.86. The van der Waals surface area contributed by atoms with Gasteiger partial charge in [0.05, 0.1) is 12.0 Å². The van der Waals surface area contributed by atoms with Crippen LogP contribution >= 0.6 is 11.3 Å². The molecule has 0 unspecified atom stereocenters. The second-order valence-electron chi connectivity index (χ2n) is 6.49. The lowest BCUT2D eigenvalue weighted by Crippen LogP contribution is -2.14. The fraction of sp³-hybridized carbons (Fsp3) is 0.353. The number of nitrogens with one attached hydrogen (secondary N) is 1. The number of benzene rings is 1. The minimum Gasteiger partial charge on any atom is -0.465 e. The van der Waals surface area contributed by atoms with Crippen molar-refractivity contribution < 1.29 is 17.9 Å². The zero-order valence-corrected chi connectivity index (χ0v) is 16.0. The second kappa shape index (κ2) is 6.57. The molecule has 1 heterocycles. The molecule has 0 aliphatic rings. The van der Waals surface area contributed by atoms with Crippen LogP contribution in [0.5, 0.6) is 0 Å². The molecule has 2 aromatic rings. The van der Waals surface area contributed by atoms with Gasteiger partial charge in [-0.05, 0) is 41.7 Å². The number of carbonyl (C=O) groups excluding carboxylic acids is 1. The van der Waals surface area contributed by atoms with E-state index in [0.717, 1.165) is 16.9 Å². The van der Waals surface area contributed by atoms with Crippen LogP contribution in [0.1, 0.15) is 41.6 Å². The van der Waals surface area contributed by atoms with E-state index in [-0.39, 0.29) is 10.3 Å². The van der Waals surface area contributed by atoms with Gasteiger partial charge in [0.2, 0.25) is 0 Å². The molecule has 1 aromatic carbocycles. The highest BCUT2D eigenvalue weighted by atomic mass is 32.2. The molecule has 5 nitrogen and oxygen atoms in total. The third-order valence-corrected chi connectivity index (χ3v) is 6.20. The van der Waals surface area contributed by atoms with Gasteiger partial charge in [0.1, 0.15) is 9.88 Å². The maximum atomic E-state index is 12.5. The summed E-state index contributed by atoms with van der Waals surface area (Å²) in [5.41, 5.74) is 1.68. The third kappa shape index (κ3) is 3.96. The largest absolute Gasteiger partial charge is 0.465 e. The van der Waals surface area contributed by atoms with E-state index >= 15 is 0 Å². The van der Waals surface area contributed by atoms with Crippen LogP contribution in [0.3, 0.4) is 0 Å². The number of carbonyl (C=O) groups is 1. The van der Waals surface area contributed by atoms with Gasteiger partial charge in [-0.1, -0.05) is 32.9 Å². The molecule has 24 heavy (non-hydrogen) atoms. The Morgan fingerprint density at radius 3 is 2.25 bits per heavy atom. The Morgan fingerprint density at radius 1 is 1.17 bits per heavy atom. The van der Waals surface area contributed by atoms with E-state index < -0.39 is 16.0 Å². The maximum absolute atomic E-state index is 12.5. The van der Waals surface area contributed by atoms with E-state index in [9.17, 15) is 13.2 Å². The third-order valence-electron chi connectivity index (χ3n) is 3.55. The molecule has 0 radical (unpaired) electrons. The number of anilines is 1. The SMILES string of the molecule is COC(=O)c1sc(NS(=O)(=O)c2ccc(C(C)(C)C)cc2)cc1C. The quantitative estimate of drug-likeness (QED) is 0.831. The van der Waals surface area contributed by atoms with Crippen molar-refractivity contribution in [2.24, 2.45) is 0 Å². The zero-order valence-electron chi connectivity index (χ0n) is 14.3. The number of thiophene rings is 1. The van der Waals surface area contributed by atoms with Gasteiger partial charge in [0.15, 0.2) is 0 Å².